The van der Waals surface area contributed by atoms with Crippen molar-refractivity contribution in [3.63, 3.8) is 0 Å². The number of carbonyl (C=O) groups excluding carboxylic acids is 3. The number of amides is 3. The van der Waals surface area contributed by atoms with Crippen LogP contribution in [0.5, 0.6) is 5.75 Å². The molecule has 3 aliphatic heterocycles. The Morgan fingerprint density at radius 2 is 1.82 bits per heavy atom. The molecule has 2 N–H and O–H groups in total. The first-order valence-corrected chi connectivity index (χ1v) is 14.6. The molecule has 0 bridgehead atoms. The predicted octanol–water partition coefficient (Wildman–Crippen LogP) is 4.84. The molecule has 0 unspecified atom stereocenters. The van der Waals surface area contributed by atoms with Gasteiger partial charge in [-0.3, -0.25) is 14.6 Å². The van der Waals surface area contributed by atoms with Crippen LogP contribution in [0.15, 0.2) is 79.1 Å². The molecular weight excluding hydrogens is 558 g/mol. The number of ketones is 1. The van der Waals surface area contributed by atoms with Gasteiger partial charge in [-0.05, 0) is 55.3 Å². The summed E-state index contributed by atoms with van der Waals surface area (Å²) in [5.74, 6) is 0.628. The van der Waals surface area contributed by atoms with Gasteiger partial charge in [0, 0.05) is 80.1 Å². The molecule has 1 aromatic carbocycles. The third-order valence-corrected chi connectivity index (χ3v) is 8.31. The van der Waals surface area contributed by atoms with Crippen LogP contribution in [-0.4, -0.2) is 63.3 Å². The van der Waals surface area contributed by atoms with E-state index in [1.54, 1.807) is 55.0 Å². The number of aromatic nitrogens is 3. The highest BCUT2D eigenvalue weighted by molar-refractivity contribution is 6.16. The van der Waals surface area contributed by atoms with Crippen molar-refractivity contribution in [3.8, 4) is 5.75 Å². The third kappa shape index (κ3) is 5.17. The summed E-state index contributed by atoms with van der Waals surface area (Å²) in [6.45, 7) is 2.92. The standard InChI is InChI=1S/C33H31N7O4/c1-38-20-22(29-26(8-12-35-31(29)38)39-15-9-21(10-16-39)32(42)40-13-2-3-14-40)17-28-30(41)25-18-23(6-7-27(25)44-28)36-33(43)37-24-5-4-11-34-19-24/h2-8,11-12,17-21H,9-10,13-16H2,1H3,(H2,36,37,43)/b28-17-. The SMILES string of the molecule is Cn1cc(/C=C2\Oc3ccc(NC(=O)Nc4cccnc4)cc3C2=O)c2c(N3CCC(C(=O)N4CC=CC4)CC3)ccnc21. The monoisotopic (exact) mass is 589 g/mol. The van der Waals surface area contributed by atoms with E-state index in [2.05, 4.69) is 25.5 Å². The highest BCUT2D eigenvalue weighted by atomic mass is 16.5. The van der Waals surface area contributed by atoms with Gasteiger partial charge in [0.1, 0.15) is 11.4 Å². The molecule has 6 heterocycles. The van der Waals surface area contributed by atoms with E-state index in [1.165, 1.54) is 0 Å². The summed E-state index contributed by atoms with van der Waals surface area (Å²) in [7, 11) is 1.93. The van der Waals surface area contributed by atoms with E-state index in [9.17, 15) is 14.4 Å². The largest absolute Gasteiger partial charge is 0.452 e. The van der Waals surface area contributed by atoms with E-state index in [-0.39, 0.29) is 23.4 Å². The van der Waals surface area contributed by atoms with Gasteiger partial charge in [0.05, 0.1) is 17.4 Å². The third-order valence-electron chi connectivity index (χ3n) is 8.31. The highest BCUT2D eigenvalue weighted by Gasteiger charge is 2.31. The molecule has 0 spiro atoms. The number of nitrogens with zero attached hydrogens (tertiary/aromatic N) is 5. The van der Waals surface area contributed by atoms with E-state index >= 15 is 0 Å². The molecule has 222 valence electrons. The molecule has 7 rings (SSSR count). The van der Waals surface area contributed by atoms with Crippen LogP contribution in [-0.2, 0) is 11.8 Å². The Hall–Kier alpha value is -5.45. The average Bonchev–Trinajstić information content (AvgIpc) is 3.77. The molecule has 1 saturated heterocycles. The number of ether oxygens (including phenoxy) is 1. The number of fused-ring (bicyclic) bond motifs is 2. The van der Waals surface area contributed by atoms with Gasteiger partial charge >= 0.3 is 6.03 Å². The Morgan fingerprint density at radius 3 is 2.59 bits per heavy atom. The lowest BCUT2D eigenvalue weighted by atomic mass is 9.94. The smallest absolute Gasteiger partial charge is 0.323 e. The van der Waals surface area contributed by atoms with Crippen molar-refractivity contribution in [1.29, 1.82) is 0 Å². The number of allylic oxidation sites excluding steroid dienone is 1. The molecule has 4 aromatic rings. The predicted molar refractivity (Wildman–Crippen MR) is 168 cm³/mol. The van der Waals surface area contributed by atoms with Gasteiger partial charge in [-0.15, -0.1) is 0 Å². The maximum Gasteiger partial charge on any atom is 0.323 e. The van der Waals surface area contributed by atoms with Crippen molar-refractivity contribution in [2.45, 2.75) is 12.8 Å². The minimum absolute atomic E-state index is 0.0321. The molecule has 1 fully saturated rings. The number of carbonyl (C=O) groups is 3. The number of piperidine rings is 1. The number of hydrogen-bond donors (Lipinski definition) is 2. The lowest BCUT2D eigenvalue weighted by molar-refractivity contribution is -0.134. The molecular formula is C33H31N7O4. The first-order valence-electron chi connectivity index (χ1n) is 14.6. The Morgan fingerprint density at radius 1 is 1.02 bits per heavy atom. The molecule has 11 heteroatoms. The highest BCUT2D eigenvalue weighted by Crippen LogP contribution is 2.37. The molecule has 3 aromatic heterocycles. The number of urea groups is 1. The summed E-state index contributed by atoms with van der Waals surface area (Å²) in [6.07, 6.45) is 14.3. The second-order valence-electron chi connectivity index (χ2n) is 11.2. The second kappa shape index (κ2) is 11.3. The van der Waals surface area contributed by atoms with Gasteiger partial charge in [-0.25, -0.2) is 9.78 Å². The van der Waals surface area contributed by atoms with Crippen LogP contribution in [0.4, 0.5) is 21.9 Å². The maximum atomic E-state index is 13.5. The summed E-state index contributed by atoms with van der Waals surface area (Å²) in [5.41, 5.74) is 4.02. The van der Waals surface area contributed by atoms with Crippen molar-refractivity contribution >= 4 is 51.9 Å². The minimum Gasteiger partial charge on any atom is -0.452 e. The fourth-order valence-corrected chi connectivity index (χ4v) is 6.11. The normalized spacial score (nSPS) is 17.3. The summed E-state index contributed by atoms with van der Waals surface area (Å²) in [5, 5.41) is 6.39. The van der Waals surface area contributed by atoms with Crippen molar-refractivity contribution < 1.29 is 19.1 Å². The number of benzene rings is 1. The number of hydrogen-bond acceptors (Lipinski definition) is 7. The number of Topliss-reactive ketones (excluding diaryl/α,β-unsaturated/α-hetero) is 1. The van der Waals surface area contributed by atoms with Gasteiger partial charge in [0.15, 0.2) is 5.76 Å². The second-order valence-corrected chi connectivity index (χ2v) is 11.2. The van der Waals surface area contributed by atoms with E-state index in [0.29, 0.717) is 35.8 Å². The first-order chi connectivity index (χ1) is 21.4. The summed E-state index contributed by atoms with van der Waals surface area (Å²) < 4.78 is 7.94. The van der Waals surface area contributed by atoms with E-state index in [4.69, 9.17) is 4.74 Å². The average molecular weight is 590 g/mol. The maximum absolute atomic E-state index is 13.5. The zero-order valence-electron chi connectivity index (χ0n) is 24.2. The van der Waals surface area contributed by atoms with Crippen LogP contribution < -0.4 is 20.3 Å². The van der Waals surface area contributed by atoms with Crippen LogP contribution in [0.1, 0.15) is 28.8 Å². The summed E-state index contributed by atoms with van der Waals surface area (Å²) in [6, 6.07) is 9.98. The van der Waals surface area contributed by atoms with Gasteiger partial charge in [-0.2, -0.15) is 0 Å². The Bertz CT molecular complexity index is 1830. The topological polar surface area (TPSA) is 122 Å². The van der Waals surface area contributed by atoms with Gasteiger partial charge in [0.25, 0.3) is 0 Å². The van der Waals surface area contributed by atoms with E-state index < -0.39 is 6.03 Å². The van der Waals surface area contributed by atoms with Crippen LogP contribution >= 0.6 is 0 Å². The Labute approximate surface area is 253 Å². The van der Waals surface area contributed by atoms with Gasteiger partial charge in [-0.1, -0.05) is 12.2 Å². The van der Waals surface area contributed by atoms with E-state index in [1.807, 2.05) is 40.9 Å². The lowest BCUT2D eigenvalue weighted by Crippen LogP contribution is -2.41. The van der Waals surface area contributed by atoms with Crippen LogP contribution in [0.3, 0.4) is 0 Å². The van der Waals surface area contributed by atoms with Crippen LogP contribution in [0.2, 0.25) is 0 Å². The van der Waals surface area contributed by atoms with Crippen molar-refractivity contribution in [2.24, 2.45) is 13.0 Å². The number of pyridine rings is 2. The van der Waals surface area contributed by atoms with Gasteiger partial charge < -0.3 is 29.7 Å². The fraction of sp³-hybridized carbons (Fsp3) is 0.242. The molecule has 3 aliphatic rings. The number of aryl methyl sites for hydroxylation is 1. The van der Waals surface area contributed by atoms with Crippen molar-refractivity contribution in [3.05, 3.63) is 90.2 Å². The Balaban J connectivity index is 1.10. The van der Waals surface area contributed by atoms with Crippen molar-refractivity contribution in [1.82, 2.24) is 19.4 Å². The number of anilines is 3. The molecule has 0 aliphatic carbocycles. The zero-order chi connectivity index (χ0) is 30.2. The molecule has 44 heavy (non-hydrogen) atoms. The summed E-state index contributed by atoms with van der Waals surface area (Å²) in [4.78, 5) is 51.7. The quantitative estimate of drug-likeness (QED) is 0.252. The molecule has 0 atom stereocenters. The van der Waals surface area contributed by atoms with E-state index in [0.717, 1.165) is 48.2 Å². The fourth-order valence-electron chi connectivity index (χ4n) is 6.11. The minimum atomic E-state index is -0.447. The summed E-state index contributed by atoms with van der Waals surface area (Å²) >= 11 is 0. The first kappa shape index (κ1) is 27.4. The molecule has 0 saturated carbocycles. The Kier molecular flexibility index (Phi) is 7.05. The number of rotatable bonds is 5. The molecule has 0 radical (unpaired) electrons. The van der Waals surface area contributed by atoms with Gasteiger partial charge in [0.2, 0.25) is 11.7 Å². The molecule has 11 nitrogen and oxygen atoms in total. The van der Waals surface area contributed by atoms with Crippen molar-refractivity contribution in [2.75, 3.05) is 41.7 Å². The lowest BCUT2D eigenvalue weighted by Gasteiger charge is -2.35. The number of nitrogens with one attached hydrogen (secondary N) is 2. The zero-order valence-corrected chi connectivity index (χ0v) is 24.2. The molecule has 3 amide bonds. The van der Waals surface area contributed by atoms with Crippen LogP contribution in [0.25, 0.3) is 17.1 Å². The van der Waals surface area contributed by atoms with Crippen LogP contribution in [0, 0.1) is 5.92 Å².